The summed E-state index contributed by atoms with van der Waals surface area (Å²) in [4.78, 5) is 52.8. The number of nitrogens with one attached hydrogen (secondary N) is 3. The molecule has 3 atom stereocenters. The van der Waals surface area contributed by atoms with Gasteiger partial charge in [-0.1, -0.05) is 79.9 Å². The lowest BCUT2D eigenvalue weighted by Gasteiger charge is -2.38. The number of carbonyl (C=O) groups excluding carboxylic acids is 4. The first-order valence-electron chi connectivity index (χ1n) is 15.5. The molecule has 3 amide bonds. The minimum atomic E-state index is -1.51. The van der Waals surface area contributed by atoms with E-state index in [-0.39, 0.29) is 26.4 Å². The molecule has 1 fully saturated rings. The number of amides is 3. The standard InChI is InChI=1S/C34H47N3O9/c1-33(2,3)46-32(41)36-27(23-45-21-25-16-10-6-11-17-25)29(38)35-26(22-44-20-24-14-8-5-9-15-24)30(39)37-28(31(40)43-4)34(42)18-12-7-13-19-34/h5-6,8-11,14-17,26-28,42H,7,12-13,18-23H2,1-4H3,(H,35,38)(H,36,41)(H,37,39)/t26-,27-,28+/m0/s1. The maximum atomic E-state index is 13.7. The average molecular weight is 642 g/mol. The van der Waals surface area contributed by atoms with Gasteiger partial charge in [-0.05, 0) is 44.7 Å². The van der Waals surface area contributed by atoms with E-state index in [1.54, 1.807) is 20.8 Å². The minimum absolute atomic E-state index is 0.143. The van der Waals surface area contributed by atoms with Crippen LogP contribution in [-0.4, -0.2) is 78.6 Å². The highest BCUT2D eigenvalue weighted by molar-refractivity contribution is 5.93. The van der Waals surface area contributed by atoms with Crippen molar-refractivity contribution in [2.24, 2.45) is 0 Å². The van der Waals surface area contributed by atoms with Crippen molar-refractivity contribution in [3.8, 4) is 0 Å². The van der Waals surface area contributed by atoms with Crippen molar-refractivity contribution in [3.05, 3.63) is 71.8 Å². The molecule has 4 N–H and O–H groups in total. The van der Waals surface area contributed by atoms with E-state index in [9.17, 15) is 24.3 Å². The molecule has 2 aromatic carbocycles. The third-order valence-corrected chi connectivity index (χ3v) is 7.41. The number of hydrogen-bond acceptors (Lipinski definition) is 9. The van der Waals surface area contributed by atoms with Crippen molar-refractivity contribution >= 4 is 23.9 Å². The molecule has 0 saturated heterocycles. The summed E-state index contributed by atoms with van der Waals surface area (Å²) in [5.41, 5.74) is -0.630. The lowest BCUT2D eigenvalue weighted by Crippen LogP contribution is -2.63. The Morgan fingerprint density at radius 1 is 0.761 bits per heavy atom. The molecule has 1 saturated carbocycles. The molecule has 252 valence electrons. The molecule has 1 aliphatic rings. The molecule has 2 aromatic rings. The third-order valence-electron chi connectivity index (χ3n) is 7.41. The van der Waals surface area contributed by atoms with E-state index < -0.39 is 53.2 Å². The Labute approximate surface area is 270 Å². The molecule has 3 rings (SSSR count). The van der Waals surface area contributed by atoms with Gasteiger partial charge in [0.05, 0.1) is 39.1 Å². The smallest absolute Gasteiger partial charge is 0.408 e. The maximum Gasteiger partial charge on any atom is 0.408 e. The molecule has 0 spiro atoms. The van der Waals surface area contributed by atoms with E-state index in [4.69, 9.17) is 18.9 Å². The molecular weight excluding hydrogens is 594 g/mol. The van der Waals surface area contributed by atoms with Gasteiger partial charge >= 0.3 is 12.1 Å². The first-order chi connectivity index (χ1) is 21.9. The number of benzene rings is 2. The molecular formula is C34H47N3O9. The Morgan fingerprint density at radius 3 is 1.72 bits per heavy atom. The summed E-state index contributed by atoms with van der Waals surface area (Å²) in [5, 5.41) is 19.1. The van der Waals surface area contributed by atoms with Crippen LogP contribution in [0.4, 0.5) is 4.79 Å². The predicted molar refractivity (Wildman–Crippen MR) is 169 cm³/mol. The van der Waals surface area contributed by atoms with Crippen molar-refractivity contribution in [1.82, 2.24) is 16.0 Å². The van der Waals surface area contributed by atoms with Crippen LogP contribution in [0.1, 0.15) is 64.0 Å². The highest BCUT2D eigenvalue weighted by Gasteiger charge is 2.45. The molecule has 0 unspecified atom stereocenters. The fourth-order valence-corrected chi connectivity index (χ4v) is 5.05. The molecule has 46 heavy (non-hydrogen) atoms. The van der Waals surface area contributed by atoms with Crippen LogP contribution in [0.5, 0.6) is 0 Å². The van der Waals surface area contributed by atoms with Crippen molar-refractivity contribution in [2.45, 2.75) is 95.4 Å². The van der Waals surface area contributed by atoms with Gasteiger partial charge in [-0.25, -0.2) is 9.59 Å². The number of aliphatic hydroxyl groups is 1. The van der Waals surface area contributed by atoms with Crippen LogP contribution in [-0.2, 0) is 46.5 Å². The number of methoxy groups -OCH3 is 1. The zero-order valence-electron chi connectivity index (χ0n) is 27.1. The van der Waals surface area contributed by atoms with Crippen molar-refractivity contribution in [2.75, 3.05) is 20.3 Å². The zero-order valence-corrected chi connectivity index (χ0v) is 27.1. The molecule has 12 heteroatoms. The largest absolute Gasteiger partial charge is 0.467 e. The Kier molecular flexibility index (Phi) is 14.0. The van der Waals surface area contributed by atoms with Gasteiger partial charge in [-0.3, -0.25) is 9.59 Å². The molecule has 12 nitrogen and oxygen atoms in total. The lowest BCUT2D eigenvalue weighted by molar-refractivity contribution is -0.156. The third kappa shape index (κ3) is 12.1. The second-order valence-corrected chi connectivity index (χ2v) is 12.4. The summed E-state index contributed by atoms with van der Waals surface area (Å²) in [6.07, 6.45) is 2.02. The number of carbonyl (C=O) groups is 4. The van der Waals surface area contributed by atoms with Crippen LogP contribution in [0.3, 0.4) is 0 Å². The van der Waals surface area contributed by atoms with Gasteiger partial charge in [0.2, 0.25) is 11.8 Å². The Hall–Kier alpha value is -4.00. The summed E-state index contributed by atoms with van der Waals surface area (Å²) in [5.74, 6) is -2.31. The monoisotopic (exact) mass is 641 g/mol. The Bertz CT molecular complexity index is 1260. The summed E-state index contributed by atoms with van der Waals surface area (Å²) in [6.45, 7) is 4.88. The van der Waals surface area contributed by atoms with Crippen molar-refractivity contribution < 1.29 is 43.2 Å². The fourth-order valence-electron chi connectivity index (χ4n) is 5.05. The van der Waals surface area contributed by atoms with Crippen LogP contribution in [0.25, 0.3) is 0 Å². The van der Waals surface area contributed by atoms with E-state index in [0.29, 0.717) is 25.7 Å². The Balaban J connectivity index is 1.79. The van der Waals surface area contributed by atoms with Crippen LogP contribution >= 0.6 is 0 Å². The number of ether oxygens (including phenoxy) is 4. The topological polar surface area (TPSA) is 162 Å². The molecule has 1 aliphatic carbocycles. The van der Waals surface area contributed by atoms with E-state index in [0.717, 1.165) is 17.5 Å². The predicted octanol–water partition coefficient (Wildman–Crippen LogP) is 3.15. The van der Waals surface area contributed by atoms with Gasteiger partial charge in [0.15, 0.2) is 6.04 Å². The molecule has 0 aliphatic heterocycles. The fraction of sp³-hybridized carbons (Fsp3) is 0.529. The van der Waals surface area contributed by atoms with E-state index >= 15 is 0 Å². The van der Waals surface area contributed by atoms with E-state index in [1.807, 2.05) is 60.7 Å². The van der Waals surface area contributed by atoms with Gasteiger partial charge in [0.25, 0.3) is 0 Å². The summed E-state index contributed by atoms with van der Waals surface area (Å²) in [7, 11) is 1.18. The van der Waals surface area contributed by atoms with Crippen molar-refractivity contribution in [1.29, 1.82) is 0 Å². The van der Waals surface area contributed by atoms with Crippen LogP contribution in [0, 0.1) is 0 Å². The van der Waals surface area contributed by atoms with Gasteiger partial charge in [-0.15, -0.1) is 0 Å². The second-order valence-electron chi connectivity index (χ2n) is 12.4. The quantitative estimate of drug-likeness (QED) is 0.214. The normalized spacial score (nSPS) is 16.3. The second kappa shape index (κ2) is 17.6. The number of esters is 1. The average Bonchev–Trinajstić information content (AvgIpc) is 3.02. The van der Waals surface area contributed by atoms with Crippen LogP contribution < -0.4 is 16.0 Å². The highest BCUT2D eigenvalue weighted by Crippen LogP contribution is 2.31. The van der Waals surface area contributed by atoms with Gasteiger partial charge in [-0.2, -0.15) is 0 Å². The molecule has 0 heterocycles. The van der Waals surface area contributed by atoms with Gasteiger partial charge in [0, 0.05) is 0 Å². The molecule has 0 aromatic heterocycles. The van der Waals surface area contributed by atoms with Crippen LogP contribution in [0.15, 0.2) is 60.7 Å². The zero-order chi connectivity index (χ0) is 33.6. The number of hydrogen-bond donors (Lipinski definition) is 4. The molecule has 0 radical (unpaired) electrons. The Morgan fingerprint density at radius 2 is 1.24 bits per heavy atom. The van der Waals surface area contributed by atoms with Crippen LogP contribution in [0.2, 0.25) is 0 Å². The van der Waals surface area contributed by atoms with Crippen molar-refractivity contribution in [3.63, 3.8) is 0 Å². The first-order valence-corrected chi connectivity index (χ1v) is 15.5. The first kappa shape index (κ1) is 36.5. The lowest BCUT2D eigenvalue weighted by atomic mass is 9.79. The maximum absolute atomic E-state index is 13.7. The summed E-state index contributed by atoms with van der Waals surface area (Å²) in [6, 6.07) is 14.6. The SMILES string of the molecule is COC(=O)[C@@H](NC(=O)[C@H](COCc1ccccc1)NC(=O)[C@H](COCc1ccccc1)NC(=O)OC(C)(C)C)C1(O)CCCCC1. The highest BCUT2D eigenvalue weighted by atomic mass is 16.6. The van der Waals surface area contributed by atoms with Gasteiger partial charge < -0.3 is 40.0 Å². The summed E-state index contributed by atoms with van der Waals surface area (Å²) < 4.78 is 21.8. The molecule has 0 bridgehead atoms. The minimum Gasteiger partial charge on any atom is -0.467 e. The van der Waals surface area contributed by atoms with E-state index in [1.165, 1.54) is 7.11 Å². The summed E-state index contributed by atoms with van der Waals surface area (Å²) >= 11 is 0. The number of rotatable bonds is 15. The van der Waals surface area contributed by atoms with E-state index in [2.05, 4.69) is 16.0 Å². The van der Waals surface area contributed by atoms with Gasteiger partial charge in [0.1, 0.15) is 17.7 Å². The number of alkyl carbamates (subject to hydrolysis) is 1.